The second-order valence-electron chi connectivity index (χ2n) is 5.81. The zero-order chi connectivity index (χ0) is 15.2. The fraction of sp³-hybridized carbons (Fsp3) is 0.647. The van der Waals surface area contributed by atoms with Crippen LogP contribution < -0.4 is 14.8 Å². The van der Waals surface area contributed by atoms with E-state index in [-0.39, 0.29) is 18.2 Å². The number of hydrogen-bond acceptors (Lipinski definition) is 4. The van der Waals surface area contributed by atoms with Crippen LogP contribution in [0.25, 0.3) is 0 Å². The summed E-state index contributed by atoms with van der Waals surface area (Å²) in [6, 6.07) is 6.16. The van der Waals surface area contributed by atoms with Gasteiger partial charge in [-0.15, -0.1) is 0 Å². The van der Waals surface area contributed by atoms with Gasteiger partial charge in [-0.05, 0) is 25.8 Å². The topological polar surface area (TPSA) is 50.7 Å². The molecular weight excluding hydrogens is 266 g/mol. The molecule has 3 unspecified atom stereocenters. The minimum absolute atomic E-state index is 0.128. The molecule has 0 aromatic heterocycles. The Kier molecular flexibility index (Phi) is 5.88. The maximum Gasteiger partial charge on any atom is 0.127 e. The molecule has 118 valence electrons. The van der Waals surface area contributed by atoms with Crippen LogP contribution in [0.1, 0.15) is 50.6 Å². The highest BCUT2D eigenvalue weighted by Crippen LogP contribution is 2.30. The molecule has 1 aromatic rings. The molecule has 1 saturated carbocycles. The van der Waals surface area contributed by atoms with Gasteiger partial charge in [0.15, 0.2) is 0 Å². The second kappa shape index (κ2) is 7.66. The lowest BCUT2D eigenvalue weighted by atomic mass is 10.0. The molecule has 4 heteroatoms. The largest absolute Gasteiger partial charge is 0.497 e. The van der Waals surface area contributed by atoms with Gasteiger partial charge < -0.3 is 19.9 Å². The molecule has 0 bridgehead atoms. The van der Waals surface area contributed by atoms with E-state index in [9.17, 15) is 5.11 Å². The fourth-order valence-electron chi connectivity index (χ4n) is 3.07. The molecule has 3 atom stereocenters. The van der Waals surface area contributed by atoms with Gasteiger partial charge >= 0.3 is 0 Å². The molecule has 1 aromatic carbocycles. The number of rotatable bonds is 5. The molecule has 0 heterocycles. The van der Waals surface area contributed by atoms with Crippen LogP contribution in [0.3, 0.4) is 0 Å². The van der Waals surface area contributed by atoms with E-state index in [0.29, 0.717) is 0 Å². The second-order valence-corrected chi connectivity index (χ2v) is 5.81. The molecule has 0 spiro atoms. The lowest BCUT2D eigenvalue weighted by Crippen LogP contribution is -2.40. The summed E-state index contributed by atoms with van der Waals surface area (Å²) < 4.78 is 10.7. The quantitative estimate of drug-likeness (QED) is 0.819. The van der Waals surface area contributed by atoms with Crippen molar-refractivity contribution in [2.75, 3.05) is 14.2 Å². The number of aliphatic hydroxyl groups excluding tert-OH is 1. The van der Waals surface area contributed by atoms with E-state index in [1.165, 1.54) is 12.8 Å². The van der Waals surface area contributed by atoms with E-state index < -0.39 is 0 Å². The third-order valence-electron chi connectivity index (χ3n) is 4.35. The third-order valence-corrected chi connectivity index (χ3v) is 4.35. The van der Waals surface area contributed by atoms with Crippen LogP contribution in [0.4, 0.5) is 0 Å². The van der Waals surface area contributed by atoms with E-state index in [1.54, 1.807) is 14.2 Å². The Morgan fingerprint density at radius 3 is 2.62 bits per heavy atom. The van der Waals surface area contributed by atoms with E-state index >= 15 is 0 Å². The van der Waals surface area contributed by atoms with Crippen molar-refractivity contribution in [1.29, 1.82) is 0 Å². The van der Waals surface area contributed by atoms with Gasteiger partial charge in [-0.25, -0.2) is 0 Å². The average Bonchev–Trinajstić information content (AvgIpc) is 2.71. The molecule has 1 fully saturated rings. The zero-order valence-electron chi connectivity index (χ0n) is 13.3. The molecule has 1 aliphatic rings. The first-order valence-corrected chi connectivity index (χ1v) is 7.81. The molecule has 0 amide bonds. The first kappa shape index (κ1) is 16.1. The predicted molar refractivity (Wildman–Crippen MR) is 84.0 cm³/mol. The van der Waals surface area contributed by atoms with Gasteiger partial charge in [-0.2, -0.15) is 0 Å². The van der Waals surface area contributed by atoms with E-state index in [0.717, 1.165) is 36.3 Å². The van der Waals surface area contributed by atoms with Crippen molar-refractivity contribution in [3.05, 3.63) is 23.8 Å². The summed E-state index contributed by atoms with van der Waals surface area (Å²) in [5.74, 6) is 1.61. The summed E-state index contributed by atoms with van der Waals surface area (Å²) in [5.41, 5.74) is 1.09. The van der Waals surface area contributed by atoms with Crippen molar-refractivity contribution in [3.63, 3.8) is 0 Å². The van der Waals surface area contributed by atoms with Crippen LogP contribution in [0.2, 0.25) is 0 Å². The maximum atomic E-state index is 10.2. The standard InChI is InChI=1S/C17H27NO3/c1-12(18-15-7-5-4-6-8-16(15)19)14-10-9-13(20-2)11-17(14)21-3/h9-12,15-16,18-19H,4-8H2,1-3H3. The summed E-state index contributed by atoms with van der Waals surface area (Å²) in [6.45, 7) is 2.11. The predicted octanol–water partition coefficient (Wildman–Crippen LogP) is 3.05. The Bertz CT molecular complexity index is 450. The van der Waals surface area contributed by atoms with Crippen LogP contribution >= 0.6 is 0 Å². The lowest BCUT2D eigenvalue weighted by molar-refractivity contribution is 0.114. The Morgan fingerprint density at radius 2 is 1.90 bits per heavy atom. The molecule has 4 nitrogen and oxygen atoms in total. The molecular formula is C17H27NO3. The van der Waals surface area contributed by atoms with Crippen molar-refractivity contribution in [2.24, 2.45) is 0 Å². The Labute approximate surface area is 127 Å². The van der Waals surface area contributed by atoms with Gasteiger partial charge in [0.2, 0.25) is 0 Å². The highest BCUT2D eigenvalue weighted by atomic mass is 16.5. The molecule has 0 saturated heterocycles. The summed E-state index contributed by atoms with van der Waals surface area (Å²) in [4.78, 5) is 0. The molecule has 2 rings (SSSR count). The van der Waals surface area contributed by atoms with E-state index in [2.05, 4.69) is 12.2 Å². The SMILES string of the molecule is COc1ccc(C(C)NC2CCCCCC2O)c(OC)c1. The van der Waals surface area contributed by atoms with Gasteiger partial charge in [0.05, 0.1) is 20.3 Å². The molecule has 1 aliphatic carbocycles. The molecule has 0 radical (unpaired) electrons. The van der Waals surface area contributed by atoms with E-state index in [4.69, 9.17) is 9.47 Å². The Hall–Kier alpha value is -1.26. The lowest BCUT2D eigenvalue weighted by Gasteiger charge is -2.27. The summed E-state index contributed by atoms with van der Waals surface area (Å²) >= 11 is 0. The minimum atomic E-state index is -0.251. The van der Waals surface area contributed by atoms with Crippen molar-refractivity contribution in [3.8, 4) is 11.5 Å². The number of ether oxygens (including phenoxy) is 2. The van der Waals surface area contributed by atoms with Crippen LogP contribution in [-0.4, -0.2) is 31.5 Å². The van der Waals surface area contributed by atoms with Gasteiger partial charge in [-0.1, -0.05) is 25.3 Å². The Morgan fingerprint density at radius 1 is 1.14 bits per heavy atom. The third kappa shape index (κ3) is 4.11. The fourth-order valence-corrected chi connectivity index (χ4v) is 3.07. The number of methoxy groups -OCH3 is 2. The number of benzene rings is 1. The molecule has 21 heavy (non-hydrogen) atoms. The van der Waals surface area contributed by atoms with Crippen molar-refractivity contribution in [1.82, 2.24) is 5.32 Å². The van der Waals surface area contributed by atoms with Crippen molar-refractivity contribution in [2.45, 2.75) is 57.2 Å². The summed E-state index contributed by atoms with van der Waals surface area (Å²) in [7, 11) is 3.32. The molecule has 0 aliphatic heterocycles. The summed E-state index contributed by atoms with van der Waals surface area (Å²) in [5, 5.41) is 13.8. The minimum Gasteiger partial charge on any atom is -0.497 e. The zero-order valence-corrected chi connectivity index (χ0v) is 13.3. The van der Waals surface area contributed by atoms with Crippen LogP contribution in [0.5, 0.6) is 11.5 Å². The monoisotopic (exact) mass is 293 g/mol. The first-order valence-electron chi connectivity index (χ1n) is 7.81. The van der Waals surface area contributed by atoms with Crippen LogP contribution in [-0.2, 0) is 0 Å². The average molecular weight is 293 g/mol. The van der Waals surface area contributed by atoms with Crippen molar-refractivity contribution >= 4 is 0 Å². The van der Waals surface area contributed by atoms with Gasteiger partial charge in [0, 0.05) is 23.7 Å². The number of hydrogen-bond donors (Lipinski definition) is 2. The number of aliphatic hydroxyl groups is 1. The first-order chi connectivity index (χ1) is 10.2. The highest BCUT2D eigenvalue weighted by Gasteiger charge is 2.24. The number of nitrogens with one attached hydrogen (secondary N) is 1. The maximum absolute atomic E-state index is 10.2. The van der Waals surface area contributed by atoms with Gasteiger partial charge in [0.1, 0.15) is 11.5 Å². The molecule has 2 N–H and O–H groups in total. The summed E-state index contributed by atoms with van der Waals surface area (Å²) in [6.07, 6.45) is 5.20. The van der Waals surface area contributed by atoms with Gasteiger partial charge in [0.25, 0.3) is 0 Å². The van der Waals surface area contributed by atoms with Crippen LogP contribution in [0, 0.1) is 0 Å². The van der Waals surface area contributed by atoms with Gasteiger partial charge in [-0.3, -0.25) is 0 Å². The Balaban J connectivity index is 2.10. The normalized spacial score (nSPS) is 24.2. The highest BCUT2D eigenvalue weighted by molar-refractivity contribution is 5.42. The van der Waals surface area contributed by atoms with Crippen molar-refractivity contribution < 1.29 is 14.6 Å². The smallest absolute Gasteiger partial charge is 0.127 e. The van der Waals surface area contributed by atoms with E-state index in [1.807, 2.05) is 18.2 Å². The van der Waals surface area contributed by atoms with Crippen LogP contribution in [0.15, 0.2) is 18.2 Å².